The summed E-state index contributed by atoms with van der Waals surface area (Å²) in [7, 11) is 3.82. The molecule has 0 spiro atoms. The lowest BCUT2D eigenvalue weighted by Crippen LogP contribution is -2.38. The normalized spacial score (nSPS) is 18.0. The van der Waals surface area contributed by atoms with Crippen molar-refractivity contribution < 1.29 is 42.6 Å². The fourth-order valence-corrected chi connectivity index (χ4v) is 6.15. The maximum atomic E-state index is 6.56. The minimum atomic E-state index is -0.908. The first-order chi connectivity index (χ1) is 24.2. The van der Waals surface area contributed by atoms with Crippen LogP contribution >= 0.6 is 0 Å². The predicted octanol–water partition coefficient (Wildman–Crippen LogP) is 6.00. The van der Waals surface area contributed by atoms with E-state index in [9.17, 15) is 0 Å². The summed E-state index contributed by atoms with van der Waals surface area (Å²) in [5.41, 5.74) is 4.10. The summed E-state index contributed by atoms with van der Waals surface area (Å²) >= 11 is 0. The van der Waals surface area contributed by atoms with Gasteiger partial charge in [0.15, 0.2) is 11.5 Å². The zero-order valence-electron chi connectivity index (χ0n) is 28.3. The third kappa shape index (κ3) is 8.29. The summed E-state index contributed by atoms with van der Waals surface area (Å²) in [5.74, 6) is 2.79. The van der Waals surface area contributed by atoms with Crippen LogP contribution in [0.1, 0.15) is 16.7 Å². The first kappa shape index (κ1) is 34.5. The molecule has 0 aliphatic carbocycles. The van der Waals surface area contributed by atoms with E-state index in [1.807, 2.05) is 54.6 Å². The van der Waals surface area contributed by atoms with Gasteiger partial charge >= 0.3 is 0 Å². The van der Waals surface area contributed by atoms with Gasteiger partial charge in [-0.2, -0.15) is 0 Å². The standard InChI is InChI=1S/C39H45NO9/c1-40-35-14-12-31-28-33(35)39(41-2,30-8-4-3-5-9-30)34-29-32(13-15-36(34)40)47-25-21-43-17-19-45-23-27-49-38-11-7-6-10-37(38)48-26-22-44-18-16-42-20-24-46-31/h3-15,28-29H,16-27H2,1-2H3. The Bertz CT molecular complexity index is 1520. The van der Waals surface area contributed by atoms with E-state index in [0.29, 0.717) is 90.8 Å². The van der Waals surface area contributed by atoms with Crippen LogP contribution in [0.15, 0.2) is 91.0 Å². The topological polar surface area (TPSA) is 86.3 Å². The van der Waals surface area contributed by atoms with Crippen LogP contribution in [0, 0.1) is 0 Å². The van der Waals surface area contributed by atoms with E-state index in [1.165, 1.54) is 0 Å². The van der Waals surface area contributed by atoms with Gasteiger partial charge in [0.2, 0.25) is 0 Å². The fourth-order valence-electron chi connectivity index (χ4n) is 6.15. The van der Waals surface area contributed by atoms with Crippen LogP contribution < -0.4 is 23.8 Å². The van der Waals surface area contributed by atoms with E-state index in [1.54, 1.807) is 7.11 Å². The number of fused-ring (bicyclic) bond motifs is 3. The molecular formula is C39H45NO9. The molecule has 2 aliphatic heterocycles. The molecule has 49 heavy (non-hydrogen) atoms. The SMILES string of the molecule is COC1(c2ccccc2)c2cc3ccc2N(C)c2ccc(cc21)OCCOCCOCCOc1ccccc1OCCOCCOCCO3. The zero-order valence-corrected chi connectivity index (χ0v) is 28.3. The molecule has 0 atom stereocenters. The third-order valence-corrected chi connectivity index (χ3v) is 8.46. The molecule has 260 valence electrons. The Labute approximate surface area is 288 Å². The molecule has 6 rings (SSSR count). The molecule has 10 nitrogen and oxygen atoms in total. The number of hydrogen-bond donors (Lipinski definition) is 0. The van der Waals surface area contributed by atoms with Gasteiger partial charge in [0.25, 0.3) is 0 Å². The minimum Gasteiger partial charge on any atom is -0.491 e. The van der Waals surface area contributed by atoms with Crippen molar-refractivity contribution in [3.63, 3.8) is 0 Å². The molecule has 0 N–H and O–H groups in total. The zero-order chi connectivity index (χ0) is 33.7. The Morgan fingerprint density at radius 2 is 0.898 bits per heavy atom. The van der Waals surface area contributed by atoms with Crippen LogP contribution in [0.4, 0.5) is 11.4 Å². The van der Waals surface area contributed by atoms with Crippen molar-refractivity contribution in [1.29, 1.82) is 0 Å². The van der Waals surface area contributed by atoms with Gasteiger partial charge in [0.1, 0.15) is 43.5 Å². The van der Waals surface area contributed by atoms with E-state index in [-0.39, 0.29) is 0 Å². The van der Waals surface area contributed by atoms with Gasteiger partial charge in [0.05, 0.1) is 52.9 Å². The number of para-hydroxylation sites is 2. The van der Waals surface area contributed by atoms with Crippen LogP contribution in [0.25, 0.3) is 0 Å². The van der Waals surface area contributed by atoms with Gasteiger partial charge in [-0.05, 0) is 54.1 Å². The van der Waals surface area contributed by atoms with Crippen molar-refractivity contribution in [3.8, 4) is 23.0 Å². The highest BCUT2D eigenvalue weighted by atomic mass is 16.6. The summed E-state index contributed by atoms with van der Waals surface area (Å²) in [4.78, 5) is 2.18. The number of hydrogen-bond acceptors (Lipinski definition) is 10. The lowest BCUT2D eigenvalue weighted by Gasteiger charge is -2.44. The fraction of sp³-hybridized carbons (Fsp3) is 0.385. The average Bonchev–Trinajstić information content (AvgIpc) is 3.14. The second-order valence-electron chi connectivity index (χ2n) is 11.5. The van der Waals surface area contributed by atoms with Crippen molar-refractivity contribution in [2.24, 2.45) is 0 Å². The molecule has 4 bridgehead atoms. The molecule has 4 aromatic rings. The van der Waals surface area contributed by atoms with Crippen LogP contribution in [0.5, 0.6) is 23.0 Å². The smallest absolute Gasteiger partial charge is 0.161 e. The molecule has 10 heteroatoms. The maximum Gasteiger partial charge on any atom is 0.161 e. The van der Waals surface area contributed by atoms with Crippen LogP contribution in [-0.2, 0) is 29.3 Å². The quantitative estimate of drug-likeness (QED) is 0.253. The molecule has 0 radical (unpaired) electrons. The number of methoxy groups -OCH3 is 1. The predicted molar refractivity (Wildman–Crippen MR) is 186 cm³/mol. The average molecular weight is 672 g/mol. The van der Waals surface area contributed by atoms with Gasteiger partial charge < -0.3 is 47.5 Å². The summed E-state index contributed by atoms with van der Waals surface area (Å²) < 4.78 is 53.7. The molecular weight excluding hydrogens is 626 g/mol. The highest BCUT2D eigenvalue weighted by Gasteiger charge is 2.45. The minimum absolute atomic E-state index is 0.390. The van der Waals surface area contributed by atoms with Crippen LogP contribution in [-0.4, -0.2) is 93.4 Å². The molecule has 0 saturated heterocycles. The lowest BCUT2D eigenvalue weighted by molar-refractivity contribution is 0.0248. The van der Waals surface area contributed by atoms with Gasteiger partial charge in [-0.25, -0.2) is 0 Å². The Morgan fingerprint density at radius 1 is 0.490 bits per heavy atom. The number of ether oxygens (including phenoxy) is 9. The lowest BCUT2D eigenvalue weighted by atomic mass is 9.75. The first-order valence-electron chi connectivity index (χ1n) is 16.8. The molecule has 0 aromatic heterocycles. The van der Waals surface area contributed by atoms with Crippen LogP contribution in [0.2, 0.25) is 0 Å². The Morgan fingerprint density at radius 3 is 1.35 bits per heavy atom. The molecule has 0 fully saturated rings. The van der Waals surface area contributed by atoms with Gasteiger partial charge in [-0.3, -0.25) is 0 Å². The summed E-state index contributed by atoms with van der Waals surface area (Å²) in [6.45, 7) is 5.08. The van der Waals surface area contributed by atoms with Gasteiger partial charge in [0, 0.05) is 36.7 Å². The second kappa shape index (κ2) is 17.4. The highest BCUT2D eigenvalue weighted by Crippen LogP contribution is 2.53. The van der Waals surface area contributed by atoms with E-state index in [2.05, 4.69) is 48.3 Å². The van der Waals surface area contributed by atoms with E-state index < -0.39 is 5.60 Å². The molecule has 2 heterocycles. The van der Waals surface area contributed by atoms with E-state index in [4.69, 9.17) is 42.6 Å². The van der Waals surface area contributed by atoms with E-state index >= 15 is 0 Å². The Kier molecular flexibility index (Phi) is 12.2. The number of rotatable bonds is 2. The molecule has 0 saturated carbocycles. The van der Waals surface area contributed by atoms with Crippen molar-refractivity contribution in [2.75, 3.05) is 98.3 Å². The van der Waals surface area contributed by atoms with E-state index in [0.717, 1.165) is 39.6 Å². The number of anilines is 2. The summed E-state index contributed by atoms with van der Waals surface area (Å²) in [6.07, 6.45) is 0. The third-order valence-electron chi connectivity index (χ3n) is 8.46. The summed E-state index contributed by atoms with van der Waals surface area (Å²) in [6, 6.07) is 30.1. The van der Waals surface area contributed by atoms with Gasteiger partial charge in [-0.15, -0.1) is 0 Å². The number of benzene rings is 4. The second-order valence-corrected chi connectivity index (χ2v) is 11.5. The maximum absolute atomic E-state index is 6.56. The molecule has 0 unspecified atom stereocenters. The number of nitrogens with zero attached hydrogens (tertiary/aromatic N) is 1. The molecule has 4 aromatic carbocycles. The van der Waals surface area contributed by atoms with Crippen molar-refractivity contribution >= 4 is 11.4 Å². The molecule has 0 amide bonds. The van der Waals surface area contributed by atoms with Crippen LogP contribution in [0.3, 0.4) is 0 Å². The Balaban J connectivity index is 1.19. The van der Waals surface area contributed by atoms with Crippen molar-refractivity contribution in [1.82, 2.24) is 0 Å². The Hall–Kier alpha value is -4.32. The van der Waals surface area contributed by atoms with Crippen molar-refractivity contribution in [2.45, 2.75) is 5.60 Å². The largest absolute Gasteiger partial charge is 0.491 e. The monoisotopic (exact) mass is 671 g/mol. The molecule has 2 aliphatic rings. The van der Waals surface area contributed by atoms with Gasteiger partial charge in [-0.1, -0.05) is 42.5 Å². The highest BCUT2D eigenvalue weighted by molar-refractivity contribution is 5.80. The first-order valence-corrected chi connectivity index (χ1v) is 16.8. The van der Waals surface area contributed by atoms with Crippen molar-refractivity contribution in [3.05, 3.63) is 108 Å². The summed E-state index contributed by atoms with van der Waals surface area (Å²) in [5, 5.41) is 0.